The number of morpholine rings is 1. The zero-order valence-electron chi connectivity index (χ0n) is 16.1. The van der Waals surface area contributed by atoms with E-state index in [2.05, 4.69) is 10.2 Å². The number of carbonyl (C=O) groups is 2. The smallest absolute Gasteiger partial charge is 0.278 e. The Morgan fingerprint density at radius 3 is 2.62 bits per heavy atom. The Hall–Kier alpha value is -2.19. The van der Waals surface area contributed by atoms with E-state index in [1.807, 2.05) is 36.6 Å². The molecular weight excluding hydrogens is 410 g/mol. The molecule has 6 nitrogen and oxygen atoms in total. The molecule has 1 saturated heterocycles. The Morgan fingerprint density at radius 2 is 1.93 bits per heavy atom. The minimum Gasteiger partial charge on any atom is -0.379 e. The van der Waals surface area contributed by atoms with Gasteiger partial charge in [-0.15, -0.1) is 11.3 Å². The third kappa shape index (κ3) is 4.23. The van der Waals surface area contributed by atoms with Crippen LogP contribution < -0.4 is 5.32 Å². The molecule has 1 aromatic carbocycles. The van der Waals surface area contributed by atoms with E-state index in [1.54, 1.807) is 6.07 Å². The summed E-state index contributed by atoms with van der Waals surface area (Å²) in [5, 5.41) is 5.66. The third-order valence-electron chi connectivity index (χ3n) is 5.12. The number of nitrogens with one attached hydrogen (secondary N) is 1. The van der Waals surface area contributed by atoms with Gasteiger partial charge < -0.3 is 10.1 Å². The fraction of sp³-hybridized carbons (Fsp3) is 0.333. The molecule has 0 bridgehead atoms. The molecule has 8 heteroatoms. The van der Waals surface area contributed by atoms with Crippen LogP contribution in [0.25, 0.3) is 5.57 Å². The van der Waals surface area contributed by atoms with Crippen molar-refractivity contribution in [1.82, 2.24) is 9.80 Å². The van der Waals surface area contributed by atoms with Gasteiger partial charge in [0.1, 0.15) is 5.70 Å². The van der Waals surface area contributed by atoms with Crippen molar-refractivity contribution in [2.24, 2.45) is 0 Å². The third-order valence-corrected chi connectivity index (χ3v) is 6.41. The van der Waals surface area contributed by atoms with E-state index in [-0.39, 0.29) is 11.8 Å². The zero-order valence-corrected chi connectivity index (χ0v) is 17.7. The maximum Gasteiger partial charge on any atom is 0.278 e. The number of nitrogens with zero attached hydrogens (tertiary/aromatic N) is 2. The summed E-state index contributed by atoms with van der Waals surface area (Å²) in [6.07, 6.45) is 0. The first-order valence-corrected chi connectivity index (χ1v) is 10.8. The van der Waals surface area contributed by atoms with E-state index >= 15 is 0 Å². The number of aryl methyl sites for hydroxylation is 1. The van der Waals surface area contributed by atoms with Crippen LogP contribution in [0.1, 0.15) is 10.4 Å². The lowest BCUT2D eigenvalue weighted by atomic mass is 10.1. The van der Waals surface area contributed by atoms with Gasteiger partial charge in [-0.3, -0.25) is 19.4 Å². The van der Waals surface area contributed by atoms with Gasteiger partial charge in [-0.05, 0) is 36.1 Å². The van der Waals surface area contributed by atoms with Gasteiger partial charge in [-0.2, -0.15) is 0 Å². The van der Waals surface area contributed by atoms with Gasteiger partial charge >= 0.3 is 0 Å². The first kappa shape index (κ1) is 20.1. The number of halogens is 1. The average molecular weight is 432 g/mol. The Balaban J connectivity index is 1.59. The number of hydrogen-bond acceptors (Lipinski definition) is 6. The summed E-state index contributed by atoms with van der Waals surface area (Å²) in [5.41, 5.74) is 2.36. The first-order valence-electron chi connectivity index (χ1n) is 9.52. The summed E-state index contributed by atoms with van der Waals surface area (Å²) < 4.78 is 5.36. The van der Waals surface area contributed by atoms with Crippen LogP contribution in [-0.2, 0) is 14.3 Å². The van der Waals surface area contributed by atoms with Crippen LogP contribution in [0.3, 0.4) is 0 Å². The van der Waals surface area contributed by atoms with E-state index in [0.29, 0.717) is 48.3 Å². The summed E-state index contributed by atoms with van der Waals surface area (Å²) in [7, 11) is 0. The summed E-state index contributed by atoms with van der Waals surface area (Å²) in [6.45, 7) is 5.90. The van der Waals surface area contributed by atoms with E-state index in [4.69, 9.17) is 16.3 Å². The Morgan fingerprint density at radius 1 is 1.14 bits per heavy atom. The molecule has 0 radical (unpaired) electrons. The molecule has 1 aromatic heterocycles. The summed E-state index contributed by atoms with van der Waals surface area (Å²) in [6, 6.07) is 9.24. The average Bonchev–Trinajstić information content (AvgIpc) is 3.32. The number of benzene rings is 1. The summed E-state index contributed by atoms with van der Waals surface area (Å²) in [5.74, 6) is -0.560. The summed E-state index contributed by atoms with van der Waals surface area (Å²) >= 11 is 7.68. The van der Waals surface area contributed by atoms with Crippen LogP contribution in [-0.4, -0.2) is 61.0 Å². The monoisotopic (exact) mass is 431 g/mol. The quantitative estimate of drug-likeness (QED) is 0.711. The number of anilines is 1. The Bertz CT molecular complexity index is 952. The van der Waals surface area contributed by atoms with Crippen molar-refractivity contribution in [1.29, 1.82) is 0 Å². The van der Waals surface area contributed by atoms with Crippen molar-refractivity contribution in [2.45, 2.75) is 6.92 Å². The number of amides is 2. The van der Waals surface area contributed by atoms with Gasteiger partial charge in [0.15, 0.2) is 0 Å². The molecule has 2 amide bonds. The fourth-order valence-corrected chi connectivity index (χ4v) is 4.37. The van der Waals surface area contributed by atoms with Crippen LogP contribution in [0.5, 0.6) is 0 Å². The second kappa shape index (κ2) is 8.67. The van der Waals surface area contributed by atoms with Gasteiger partial charge in [0.2, 0.25) is 0 Å². The van der Waals surface area contributed by atoms with Gasteiger partial charge in [-0.1, -0.05) is 23.7 Å². The van der Waals surface area contributed by atoms with Gasteiger partial charge in [0.25, 0.3) is 11.8 Å². The highest BCUT2D eigenvalue weighted by Gasteiger charge is 2.39. The lowest BCUT2D eigenvalue weighted by molar-refractivity contribution is -0.137. The molecule has 152 valence electrons. The maximum atomic E-state index is 13.2. The first-order chi connectivity index (χ1) is 14.0. The molecule has 29 heavy (non-hydrogen) atoms. The second-order valence-electron chi connectivity index (χ2n) is 7.03. The molecule has 3 heterocycles. The molecule has 0 spiro atoms. The maximum absolute atomic E-state index is 13.2. The van der Waals surface area contributed by atoms with E-state index < -0.39 is 0 Å². The number of ether oxygens (including phenoxy) is 1. The van der Waals surface area contributed by atoms with Crippen molar-refractivity contribution in [2.75, 3.05) is 44.7 Å². The predicted molar refractivity (Wildman–Crippen MR) is 115 cm³/mol. The van der Waals surface area contributed by atoms with E-state index in [9.17, 15) is 9.59 Å². The minimum atomic E-state index is -0.302. The number of thiophene rings is 1. The van der Waals surface area contributed by atoms with Gasteiger partial charge in [0.05, 0.1) is 18.8 Å². The zero-order chi connectivity index (χ0) is 20.4. The van der Waals surface area contributed by atoms with Crippen LogP contribution in [0.2, 0.25) is 5.02 Å². The van der Waals surface area contributed by atoms with Gasteiger partial charge in [-0.25, -0.2) is 0 Å². The van der Waals surface area contributed by atoms with Crippen molar-refractivity contribution in [3.63, 3.8) is 0 Å². The highest BCUT2D eigenvalue weighted by Crippen LogP contribution is 2.33. The minimum absolute atomic E-state index is 0.258. The Labute approximate surface area is 178 Å². The summed E-state index contributed by atoms with van der Waals surface area (Å²) in [4.78, 5) is 30.6. The molecular formula is C21H22ClN3O3S. The molecule has 0 aliphatic carbocycles. The lowest BCUT2D eigenvalue weighted by Gasteiger charge is -2.28. The fourth-order valence-electron chi connectivity index (χ4n) is 3.43. The van der Waals surface area contributed by atoms with Crippen molar-refractivity contribution < 1.29 is 14.3 Å². The molecule has 2 aliphatic rings. The SMILES string of the molecule is Cc1ccc(NC2=C(c3cccs3)C(=O)N(CCN3CCOCC3)C2=O)cc1Cl. The topological polar surface area (TPSA) is 61.9 Å². The Kier molecular flexibility index (Phi) is 6.01. The van der Waals surface area contributed by atoms with Crippen molar-refractivity contribution >= 4 is 46.0 Å². The molecule has 1 fully saturated rings. The van der Waals surface area contributed by atoms with Crippen LogP contribution >= 0.6 is 22.9 Å². The van der Waals surface area contributed by atoms with Crippen LogP contribution in [0.4, 0.5) is 5.69 Å². The molecule has 1 N–H and O–H groups in total. The van der Waals surface area contributed by atoms with Gasteiger partial charge in [0, 0.05) is 41.8 Å². The van der Waals surface area contributed by atoms with Crippen molar-refractivity contribution in [3.05, 3.63) is 56.9 Å². The number of rotatable bonds is 6. The second-order valence-corrected chi connectivity index (χ2v) is 8.39. The number of imide groups is 1. The van der Waals surface area contributed by atoms with Crippen LogP contribution in [0, 0.1) is 6.92 Å². The van der Waals surface area contributed by atoms with Crippen molar-refractivity contribution in [3.8, 4) is 0 Å². The largest absolute Gasteiger partial charge is 0.379 e. The van der Waals surface area contributed by atoms with E-state index in [0.717, 1.165) is 23.5 Å². The number of hydrogen-bond donors (Lipinski definition) is 1. The predicted octanol–water partition coefficient (Wildman–Crippen LogP) is 3.23. The molecule has 0 atom stereocenters. The highest BCUT2D eigenvalue weighted by molar-refractivity contribution is 7.11. The molecule has 2 aliphatic heterocycles. The molecule has 0 unspecified atom stereocenters. The normalized spacial score (nSPS) is 18.1. The molecule has 4 rings (SSSR count). The lowest BCUT2D eigenvalue weighted by Crippen LogP contribution is -2.43. The van der Waals surface area contributed by atoms with Crippen LogP contribution in [0.15, 0.2) is 41.4 Å². The highest BCUT2D eigenvalue weighted by atomic mass is 35.5. The van der Waals surface area contributed by atoms with E-state index in [1.165, 1.54) is 16.2 Å². The molecule has 0 saturated carbocycles. The number of carbonyl (C=O) groups excluding carboxylic acids is 2. The standard InChI is InChI=1S/C21H22ClN3O3S/c1-14-4-5-15(13-16(14)22)23-19-18(17-3-2-12-29-17)20(26)25(21(19)27)7-6-24-8-10-28-11-9-24/h2-5,12-13,23H,6-11H2,1H3. The molecule has 2 aromatic rings.